The van der Waals surface area contributed by atoms with E-state index in [9.17, 15) is 14.4 Å². The third-order valence-electron chi connectivity index (χ3n) is 5.59. The highest BCUT2D eigenvalue weighted by molar-refractivity contribution is 7.00. The molecule has 0 atom stereocenters. The number of anilines is 1. The van der Waals surface area contributed by atoms with E-state index in [0.717, 1.165) is 28.5 Å². The summed E-state index contributed by atoms with van der Waals surface area (Å²) in [4.78, 5) is 45.7. The van der Waals surface area contributed by atoms with Crippen LogP contribution in [0.1, 0.15) is 32.0 Å². The Morgan fingerprint density at radius 1 is 1.10 bits per heavy atom. The quantitative estimate of drug-likeness (QED) is 0.210. The molecule has 2 amide bonds. The van der Waals surface area contributed by atoms with Crippen LogP contribution in [-0.4, -0.2) is 53.2 Å². The number of nitrogens with zero attached hydrogens (tertiary/aromatic N) is 4. The Bertz CT molecular complexity index is 1690. The summed E-state index contributed by atoms with van der Waals surface area (Å²) in [6, 6.07) is 11.1. The molecule has 0 radical (unpaired) electrons. The van der Waals surface area contributed by atoms with Gasteiger partial charge in [0.15, 0.2) is 12.3 Å². The molecule has 6 rings (SSSR count). The number of carboxylic acids is 1. The molecule has 0 fully saturated rings. The third-order valence-corrected chi connectivity index (χ3v) is 6.15. The maximum atomic E-state index is 12.5. The number of nitrogens with two attached hydrogens (primary N) is 1. The number of nitrogens with one attached hydrogen (secondary N) is 3. The molecule has 6 N–H and O–H groups in total. The Balaban J connectivity index is 0.000000246. The summed E-state index contributed by atoms with van der Waals surface area (Å²) in [7, 11) is 0. The maximum absolute atomic E-state index is 12.5. The molecule has 4 heterocycles. The van der Waals surface area contributed by atoms with Gasteiger partial charge in [0, 0.05) is 19.3 Å². The molecule has 0 spiro atoms. The molecular weight excluding hydrogens is 548 g/mol. The Hall–Kier alpha value is -4.66. The molecular formula is C24H21ClN8O5S. The van der Waals surface area contributed by atoms with Gasteiger partial charge in [-0.15, -0.1) is 12.4 Å². The second-order valence-electron chi connectivity index (χ2n) is 8.09. The van der Waals surface area contributed by atoms with E-state index in [-0.39, 0.29) is 53.8 Å². The van der Waals surface area contributed by atoms with Crippen LogP contribution in [0, 0.1) is 0 Å². The van der Waals surface area contributed by atoms with Gasteiger partial charge in [-0.25, -0.2) is 14.8 Å². The van der Waals surface area contributed by atoms with Crippen molar-refractivity contribution in [2.45, 2.75) is 13.1 Å². The molecule has 1 aliphatic heterocycles. The number of benzene rings is 2. The van der Waals surface area contributed by atoms with E-state index < -0.39 is 11.9 Å². The van der Waals surface area contributed by atoms with Crippen LogP contribution >= 0.6 is 24.1 Å². The van der Waals surface area contributed by atoms with Crippen molar-refractivity contribution in [3.05, 3.63) is 71.3 Å². The van der Waals surface area contributed by atoms with Gasteiger partial charge in [-0.1, -0.05) is 12.1 Å². The molecule has 5 aromatic rings. The first-order valence-electron chi connectivity index (χ1n) is 11.2. The first-order chi connectivity index (χ1) is 18.4. The predicted molar refractivity (Wildman–Crippen MR) is 145 cm³/mol. The molecule has 0 saturated carbocycles. The lowest BCUT2D eigenvalue weighted by Crippen LogP contribution is -2.26. The lowest BCUT2D eigenvalue weighted by atomic mass is 10.1. The minimum atomic E-state index is -1.15. The lowest BCUT2D eigenvalue weighted by molar-refractivity contribution is -0.118. The molecule has 2 aromatic carbocycles. The number of hydrogen-bond donors (Lipinski definition) is 5. The summed E-state index contributed by atoms with van der Waals surface area (Å²) < 4.78 is 13.5. The summed E-state index contributed by atoms with van der Waals surface area (Å²) in [5.74, 6) is -1.31. The minimum Gasteiger partial charge on any atom is -0.482 e. The van der Waals surface area contributed by atoms with Gasteiger partial charge in [-0.2, -0.15) is 8.75 Å². The molecule has 0 bridgehead atoms. The lowest BCUT2D eigenvalue weighted by Gasteiger charge is -2.18. The van der Waals surface area contributed by atoms with Crippen molar-refractivity contribution in [2.75, 3.05) is 11.9 Å². The van der Waals surface area contributed by atoms with Crippen molar-refractivity contribution >= 4 is 69.7 Å². The SMILES string of the molecule is Cl.NCc1ccc2nsnc2c1.O=C1COc2ccc(CNC(=O)c3ncnc4c(C(=O)O)c[nH]c34)cc2N1. The third kappa shape index (κ3) is 5.93. The number of ether oxygens (including phenoxy) is 1. The zero-order valence-electron chi connectivity index (χ0n) is 20.0. The van der Waals surface area contributed by atoms with Crippen molar-refractivity contribution in [3.8, 4) is 5.75 Å². The molecule has 3 aromatic heterocycles. The van der Waals surface area contributed by atoms with E-state index in [2.05, 4.69) is 34.3 Å². The van der Waals surface area contributed by atoms with Gasteiger partial charge in [0.2, 0.25) is 0 Å². The van der Waals surface area contributed by atoms with Gasteiger partial charge >= 0.3 is 5.97 Å². The summed E-state index contributed by atoms with van der Waals surface area (Å²) >= 11 is 1.23. The Labute approximate surface area is 230 Å². The standard InChI is InChI=1S/C17H13N5O5.C7H7N3S.ClH/c23-12-6-27-11-2-1-8(3-10(11)22-12)4-19-16(24)15-14-13(20-7-21-15)9(5-18-14)17(25)26;8-4-5-1-2-6-7(3-5)10-11-9-6;/h1-3,5,7,18H,4,6H2,(H,19,24)(H,22,23)(H,25,26);1-3H,4,8H2;1H. The maximum Gasteiger partial charge on any atom is 0.339 e. The number of halogens is 1. The van der Waals surface area contributed by atoms with Crippen LogP contribution in [0.3, 0.4) is 0 Å². The minimum absolute atomic E-state index is 0. The van der Waals surface area contributed by atoms with E-state index in [1.165, 1.54) is 17.9 Å². The van der Waals surface area contributed by atoms with Crippen molar-refractivity contribution in [2.24, 2.45) is 5.73 Å². The summed E-state index contributed by atoms with van der Waals surface area (Å²) in [5.41, 5.74) is 10.2. The smallest absolute Gasteiger partial charge is 0.339 e. The highest BCUT2D eigenvalue weighted by atomic mass is 35.5. The second kappa shape index (κ2) is 11.8. The monoisotopic (exact) mass is 568 g/mol. The van der Waals surface area contributed by atoms with Crippen molar-refractivity contribution < 1.29 is 24.2 Å². The van der Waals surface area contributed by atoms with Gasteiger partial charge in [-0.05, 0) is 35.4 Å². The van der Waals surface area contributed by atoms with Crippen LogP contribution in [0.2, 0.25) is 0 Å². The zero-order chi connectivity index (χ0) is 26.6. The number of aromatic carboxylic acids is 1. The average Bonchev–Trinajstić information content (AvgIpc) is 3.58. The molecule has 39 heavy (non-hydrogen) atoms. The first kappa shape index (κ1) is 27.4. The van der Waals surface area contributed by atoms with E-state index in [0.29, 0.717) is 18.0 Å². The molecule has 0 aliphatic carbocycles. The topological polar surface area (TPSA) is 198 Å². The van der Waals surface area contributed by atoms with Gasteiger partial charge in [0.1, 0.15) is 34.2 Å². The van der Waals surface area contributed by atoms with Crippen LogP contribution in [0.5, 0.6) is 5.75 Å². The fourth-order valence-corrected chi connectivity index (χ4v) is 4.25. The van der Waals surface area contributed by atoms with Crippen molar-refractivity contribution in [3.63, 3.8) is 0 Å². The van der Waals surface area contributed by atoms with Crippen LogP contribution in [-0.2, 0) is 17.9 Å². The average molecular weight is 569 g/mol. The predicted octanol–water partition coefficient (Wildman–Crippen LogP) is 2.49. The van der Waals surface area contributed by atoms with Crippen LogP contribution in [0.25, 0.3) is 22.1 Å². The highest BCUT2D eigenvalue weighted by Gasteiger charge is 2.20. The molecule has 200 valence electrons. The van der Waals surface area contributed by atoms with Crippen molar-refractivity contribution in [1.82, 2.24) is 29.0 Å². The van der Waals surface area contributed by atoms with Crippen LogP contribution in [0.15, 0.2) is 48.9 Å². The van der Waals surface area contributed by atoms with Gasteiger partial charge in [-0.3, -0.25) is 9.59 Å². The second-order valence-corrected chi connectivity index (χ2v) is 8.62. The Kier molecular flexibility index (Phi) is 8.29. The molecule has 0 saturated heterocycles. The molecule has 0 unspecified atom stereocenters. The Morgan fingerprint density at radius 2 is 1.90 bits per heavy atom. The summed E-state index contributed by atoms with van der Waals surface area (Å²) in [5, 5.41) is 14.6. The van der Waals surface area contributed by atoms with Gasteiger partial charge < -0.3 is 31.2 Å². The number of rotatable bonds is 5. The number of aromatic amines is 1. The summed E-state index contributed by atoms with van der Waals surface area (Å²) in [6.07, 6.45) is 2.41. The van der Waals surface area contributed by atoms with E-state index in [1.807, 2.05) is 18.2 Å². The van der Waals surface area contributed by atoms with Gasteiger partial charge in [0.05, 0.1) is 22.9 Å². The van der Waals surface area contributed by atoms with Crippen molar-refractivity contribution in [1.29, 1.82) is 0 Å². The van der Waals surface area contributed by atoms with Crippen LogP contribution < -0.4 is 21.1 Å². The fourth-order valence-electron chi connectivity index (χ4n) is 3.74. The number of carboxylic acid groups (broad SMARTS) is 1. The number of amides is 2. The van der Waals surface area contributed by atoms with Crippen LogP contribution in [0.4, 0.5) is 5.69 Å². The van der Waals surface area contributed by atoms with E-state index >= 15 is 0 Å². The van der Waals surface area contributed by atoms with E-state index in [4.69, 9.17) is 15.6 Å². The number of aromatic nitrogens is 5. The number of fused-ring (bicyclic) bond motifs is 3. The number of carbonyl (C=O) groups is 3. The molecule has 13 nitrogen and oxygen atoms in total. The molecule has 15 heteroatoms. The molecule has 1 aliphatic rings. The number of H-pyrrole nitrogens is 1. The first-order valence-corrected chi connectivity index (χ1v) is 12.0. The van der Waals surface area contributed by atoms with Gasteiger partial charge in [0.25, 0.3) is 11.8 Å². The number of carbonyl (C=O) groups excluding carboxylic acids is 2. The van der Waals surface area contributed by atoms with E-state index in [1.54, 1.807) is 18.2 Å². The zero-order valence-corrected chi connectivity index (χ0v) is 21.6. The Morgan fingerprint density at radius 3 is 2.69 bits per heavy atom. The normalized spacial score (nSPS) is 11.9. The summed E-state index contributed by atoms with van der Waals surface area (Å²) in [6.45, 7) is 0.717. The largest absolute Gasteiger partial charge is 0.482 e. The number of hydrogen-bond acceptors (Lipinski definition) is 10. The highest BCUT2D eigenvalue weighted by Crippen LogP contribution is 2.28. The fraction of sp³-hybridized carbons (Fsp3) is 0.125.